The standard InChI is InChI=1S/C29H31N3O4/c1-4-6-22(17-20(2)33)19-30-18-21-9-11-23(12-10-21)31-26-14-13-25(32-29(26)34-3)24-7-5-8-27-28(24)36-16-15-35-27/h4-14,17,30-31H,15-16,18-19H2,1-3H3/b6-4-,22-17+. The lowest BCUT2D eigenvalue weighted by Crippen LogP contribution is -2.16. The predicted molar refractivity (Wildman–Crippen MR) is 142 cm³/mol. The van der Waals surface area contributed by atoms with Gasteiger partial charge in [0.25, 0.3) is 0 Å². The number of methoxy groups -OCH3 is 1. The average Bonchev–Trinajstić information content (AvgIpc) is 2.89. The fourth-order valence-corrected chi connectivity index (χ4v) is 3.96. The first kappa shape index (κ1) is 25.0. The molecule has 0 aliphatic carbocycles. The van der Waals surface area contributed by atoms with Crippen molar-refractivity contribution >= 4 is 17.2 Å². The molecule has 7 nitrogen and oxygen atoms in total. The van der Waals surface area contributed by atoms with Crippen LogP contribution in [0.5, 0.6) is 17.4 Å². The van der Waals surface area contributed by atoms with Gasteiger partial charge in [0, 0.05) is 24.3 Å². The van der Waals surface area contributed by atoms with Crippen LogP contribution in [0, 0.1) is 0 Å². The fourth-order valence-electron chi connectivity index (χ4n) is 3.96. The van der Waals surface area contributed by atoms with Crippen LogP contribution in [0.4, 0.5) is 11.4 Å². The first-order chi connectivity index (χ1) is 17.6. The largest absolute Gasteiger partial charge is 0.486 e. The third-order valence-corrected chi connectivity index (χ3v) is 5.56. The van der Waals surface area contributed by atoms with Gasteiger partial charge in [-0.3, -0.25) is 4.79 Å². The van der Waals surface area contributed by atoms with Gasteiger partial charge in [0.15, 0.2) is 17.3 Å². The minimum absolute atomic E-state index is 0.0451. The van der Waals surface area contributed by atoms with Gasteiger partial charge in [-0.05, 0) is 67.5 Å². The van der Waals surface area contributed by atoms with Crippen LogP contribution in [-0.2, 0) is 11.3 Å². The monoisotopic (exact) mass is 485 g/mol. The molecule has 2 heterocycles. The molecule has 1 aliphatic rings. The minimum Gasteiger partial charge on any atom is -0.486 e. The average molecular weight is 486 g/mol. The highest BCUT2D eigenvalue weighted by molar-refractivity contribution is 5.88. The van der Waals surface area contributed by atoms with Gasteiger partial charge < -0.3 is 24.8 Å². The summed E-state index contributed by atoms with van der Waals surface area (Å²) in [4.78, 5) is 16.1. The van der Waals surface area contributed by atoms with Gasteiger partial charge in [0.2, 0.25) is 5.88 Å². The van der Waals surface area contributed by atoms with E-state index in [-0.39, 0.29) is 5.78 Å². The van der Waals surface area contributed by atoms with Crippen molar-refractivity contribution in [3.05, 3.63) is 84.0 Å². The van der Waals surface area contributed by atoms with Crippen LogP contribution in [-0.4, -0.2) is 37.6 Å². The van der Waals surface area contributed by atoms with Gasteiger partial charge in [0.05, 0.1) is 12.8 Å². The number of ether oxygens (including phenoxy) is 3. The molecule has 0 saturated heterocycles. The molecule has 0 fully saturated rings. The Bertz CT molecular complexity index is 1270. The Morgan fingerprint density at radius 1 is 1.08 bits per heavy atom. The van der Waals surface area contributed by atoms with E-state index < -0.39 is 0 Å². The van der Waals surface area contributed by atoms with Gasteiger partial charge >= 0.3 is 0 Å². The van der Waals surface area contributed by atoms with Crippen LogP contribution in [0.25, 0.3) is 11.3 Å². The fraction of sp³-hybridized carbons (Fsp3) is 0.241. The maximum Gasteiger partial charge on any atom is 0.238 e. The van der Waals surface area contributed by atoms with Crippen molar-refractivity contribution in [3.8, 4) is 28.6 Å². The zero-order valence-corrected chi connectivity index (χ0v) is 20.8. The Hall–Kier alpha value is -4.10. The Morgan fingerprint density at radius 2 is 1.89 bits per heavy atom. The molecule has 0 atom stereocenters. The summed E-state index contributed by atoms with van der Waals surface area (Å²) in [5.41, 5.74) is 5.40. The van der Waals surface area contributed by atoms with Crippen LogP contribution in [0.2, 0.25) is 0 Å². The van der Waals surface area contributed by atoms with E-state index in [0.29, 0.717) is 37.9 Å². The molecular formula is C29H31N3O4. The van der Waals surface area contributed by atoms with Crippen LogP contribution in [0.15, 0.2) is 78.4 Å². The molecule has 2 aromatic carbocycles. The van der Waals surface area contributed by atoms with E-state index >= 15 is 0 Å². The molecule has 1 aliphatic heterocycles. The number of nitrogens with zero attached hydrogens (tertiary/aromatic N) is 1. The first-order valence-electron chi connectivity index (χ1n) is 11.9. The van der Waals surface area contributed by atoms with E-state index in [0.717, 1.165) is 39.5 Å². The van der Waals surface area contributed by atoms with E-state index in [1.54, 1.807) is 20.1 Å². The Morgan fingerprint density at radius 3 is 2.64 bits per heavy atom. The van der Waals surface area contributed by atoms with Crippen LogP contribution in [0.3, 0.4) is 0 Å². The molecule has 0 saturated carbocycles. The number of carbonyl (C=O) groups is 1. The molecule has 1 aromatic heterocycles. The van der Waals surface area contributed by atoms with Crippen molar-refractivity contribution < 1.29 is 19.0 Å². The Kier molecular flexibility index (Phi) is 8.36. The topological polar surface area (TPSA) is 81.7 Å². The lowest BCUT2D eigenvalue weighted by molar-refractivity contribution is -0.112. The number of nitrogens with one attached hydrogen (secondary N) is 2. The summed E-state index contributed by atoms with van der Waals surface area (Å²) in [5, 5.41) is 6.77. The summed E-state index contributed by atoms with van der Waals surface area (Å²) in [6, 6.07) is 17.8. The smallest absolute Gasteiger partial charge is 0.238 e. The zero-order valence-electron chi connectivity index (χ0n) is 20.8. The molecule has 2 N–H and O–H groups in total. The summed E-state index contributed by atoms with van der Waals surface area (Å²) < 4.78 is 17.1. The third kappa shape index (κ3) is 6.31. The lowest BCUT2D eigenvalue weighted by atomic mass is 10.1. The Balaban J connectivity index is 1.42. The van der Waals surface area contributed by atoms with Gasteiger partial charge in [0.1, 0.15) is 18.9 Å². The molecule has 0 radical (unpaired) electrons. The highest BCUT2D eigenvalue weighted by atomic mass is 16.6. The Labute approximate surface area is 211 Å². The summed E-state index contributed by atoms with van der Waals surface area (Å²) in [6.07, 6.45) is 5.53. The van der Waals surface area contributed by atoms with Gasteiger partial charge in [-0.15, -0.1) is 0 Å². The molecule has 0 amide bonds. The summed E-state index contributed by atoms with van der Waals surface area (Å²) in [6.45, 7) is 5.87. The maximum absolute atomic E-state index is 11.4. The molecule has 0 unspecified atom stereocenters. The van der Waals surface area contributed by atoms with Gasteiger partial charge in [-0.2, -0.15) is 0 Å². The SMILES string of the molecule is C/C=C\C(=C/C(C)=O)CNCc1ccc(Nc2ccc(-c3cccc4c3OCCO4)nc2OC)cc1. The third-order valence-electron chi connectivity index (χ3n) is 5.56. The maximum atomic E-state index is 11.4. The number of para-hydroxylation sites is 1. The second-order valence-electron chi connectivity index (χ2n) is 8.34. The number of allylic oxidation sites excluding steroid dienone is 2. The van der Waals surface area contributed by atoms with E-state index in [2.05, 4.69) is 22.8 Å². The molecule has 4 rings (SSSR count). The van der Waals surface area contributed by atoms with Crippen LogP contribution < -0.4 is 24.8 Å². The van der Waals surface area contributed by atoms with E-state index in [1.807, 2.05) is 61.5 Å². The number of pyridine rings is 1. The normalized spacial score (nSPS) is 13.0. The summed E-state index contributed by atoms with van der Waals surface area (Å²) in [5.74, 6) is 1.96. The lowest BCUT2D eigenvalue weighted by Gasteiger charge is -2.21. The zero-order chi connectivity index (χ0) is 25.3. The van der Waals surface area contributed by atoms with E-state index in [9.17, 15) is 4.79 Å². The van der Waals surface area contributed by atoms with Crippen LogP contribution in [0.1, 0.15) is 19.4 Å². The minimum atomic E-state index is 0.0451. The molecule has 36 heavy (non-hydrogen) atoms. The van der Waals surface area contributed by atoms with Crippen molar-refractivity contribution in [2.75, 3.05) is 32.2 Å². The van der Waals surface area contributed by atoms with Gasteiger partial charge in [-0.1, -0.05) is 30.4 Å². The summed E-state index contributed by atoms with van der Waals surface area (Å²) >= 11 is 0. The quantitative estimate of drug-likeness (QED) is 0.292. The molecule has 0 bridgehead atoms. The number of rotatable bonds is 10. The second-order valence-corrected chi connectivity index (χ2v) is 8.34. The number of ketones is 1. The molecule has 0 spiro atoms. The highest BCUT2D eigenvalue weighted by Gasteiger charge is 2.18. The number of hydrogen-bond acceptors (Lipinski definition) is 7. The van der Waals surface area contributed by atoms with Crippen molar-refractivity contribution in [1.29, 1.82) is 0 Å². The first-order valence-corrected chi connectivity index (χ1v) is 11.9. The number of fused-ring (bicyclic) bond motifs is 1. The van der Waals surface area contributed by atoms with Crippen molar-refractivity contribution in [1.82, 2.24) is 10.3 Å². The number of anilines is 2. The van der Waals surface area contributed by atoms with E-state index in [4.69, 9.17) is 19.2 Å². The van der Waals surface area contributed by atoms with Gasteiger partial charge in [-0.25, -0.2) is 4.98 Å². The summed E-state index contributed by atoms with van der Waals surface area (Å²) in [7, 11) is 1.61. The number of aromatic nitrogens is 1. The molecule has 3 aromatic rings. The second kappa shape index (κ2) is 12.0. The molecule has 186 valence electrons. The predicted octanol–water partition coefficient (Wildman–Crippen LogP) is 5.45. The molecule has 7 heteroatoms. The number of benzene rings is 2. The number of hydrogen-bond donors (Lipinski definition) is 2. The molecular weight excluding hydrogens is 454 g/mol. The van der Waals surface area contributed by atoms with E-state index in [1.165, 1.54) is 0 Å². The van der Waals surface area contributed by atoms with Crippen LogP contribution >= 0.6 is 0 Å². The highest BCUT2D eigenvalue weighted by Crippen LogP contribution is 2.40. The number of carbonyl (C=O) groups excluding carboxylic acids is 1. The van der Waals surface area contributed by atoms with Crippen molar-refractivity contribution in [2.24, 2.45) is 0 Å². The van der Waals surface area contributed by atoms with Crippen molar-refractivity contribution in [3.63, 3.8) is 0 Å². The van der Waals surface area contributed by atoms with Crippen molar-refractivity contribution in [2.45, 2.75) is 20.4 Å².